The first-order valence-electron chi connectivity index (χ1n) is 6.08. The summed E-state index contributed by atoms with van der Waals surface area (Å²) in [6.45, 7) is 0. The van der Waals surface area contributed by atoms with Crippen molar-refractivity contribution in [3.05, 3.63) is 48.2 Å². The molecule has 6 heteroatoms. The van der Waals surface area contributed by atoms with E-state index in [2.05, 4.69) is 10.3 Å². The lowest BCUT2D eigenvalue weighted by molar-refractivity contribution is -0.115. The van der Waals surface area contributed by atoms with Crippen LogP contribution in [0.15, 0.2) is 42.5 Å². The second-order valence-corrected chi connectivity index (χ2v) is 4.18. The van der Waals surface area contributed by atoms with Crippen LogP contribution in [-0.4, -0.2) is 22.0 Å². The van der Waals surface area contributed by atoms with E-state index in [-0.39, 0.29) is 12.1 Å². The van der Waals surface area contributed by atoms with Gasteiger partial charge in [0.2, 0.25) is 5.91 Å². The minimum Gasteiger partial charge on any atom is -0.477 e. The van der Waals surface area contributed by atoms with E-state index in [1.807, 2.05) is 0 Å². The quantitative estimate of drug-likeness (QED) is 0.895. The summed E-state index contributed by atoms with van der Waals surface area (Å²) in [7, 11) is 0. The number of aromatic nitrogens is 1. The van der Waals surface area contributed by atoms with Crippen LogP contribution in [0.2, 0.25) is 0 Å². The van der Waals surface area contributed by atoms with Crippen molar-refractivity contribution in [1.29, 1.82) is 5.26 Å². The van der Waals surface area contributed by atoms with Crippen molar-refractivity contribution in [3.8, 4) is 17.3 Å². The summed E-state index contributed by atoms with van der Waals surface area (Å²) in [5, 5.41) is 20.0. The molecule has 0 aliphatic carbocycles. The molecule has 0 saturated carbocycles. The zero-order valence-corrected chi connectivity index (χ0v) is 10.9. The van der Waals surface area contributed by atoms with Crippen molar-refractivity contribution >= 4 is 17.6 Å². The van der Waals surface area contributed by atoms with Crippen LogP contribution in [0.5, 0.6) is 0 Å². The van der Waals surface area contributed by atoms with Gasteiger partial charge in [-0.05, 0) is 24.3 Å². The summed E-state index contributed by atoms with van der Waals surface area (Å²) in [5.74, 6) is -1.50. The van der Waals surface area contributed by atoms with Gasteiger partial charge in [0, 0.05) is 11.3 Å². The van der Waals surface area contributed by atoms with Crippen LogP contribution in [0.1, 0.15) is 16.9 Å². The molecule has 0 bridgehead atoms. The van der Waals surface area contributed by atoms with Crippen LogP contribution in [0, 0.1) is 11.3 Å². The number of carbonyl (C=O) groups is 2. The Morgan fingerprint density at radius 1 is 1.24 bits per heavy atom. The molecule has 1 heterocycles. The Morgan fingerprint density at radius 3 is 2.71 bits per heavy atom. The van der Waals surface area contributed by atoms with Gasteiger partial charge in [-0.25, -0.2) is 9.78 Å². The maximum atomic E-state index is 11.4. The van der Waals surface area contributed by atoms with E-state index >= 15 is 0 Å². The van der Waals surface area contributed by atoms with Crippen molar-refractivity contribution < 1.29 is 14.7 Å². The number of amides is 1. The number of carbonyl (C=O) groups excluding carboxylic acids is 1. The van der Waals surface area contributed by atoms with Crippen LogP contribution in [0.25, 0.3) is 11.3 Å². The minimum atomic E-state index is -1.10. The molecule has 0 atom stereocenters. The highest BCUT2D eigenvalue weighted by Gasteiger charge is 2.08. The first kappa shape index (κ1) is 14.2. The van der Waals surface area contributed by atoms with Gasteiger partial charge in [0.15, 0.2) is 0 Å². The van der Waals surface area contributed by atoms with Crippen LogP contribution >= 0.6 is 0 Å². The first-order valence-corrected chi connectivity index (χ1v) is 6.08. The van der Waals surface area contributed by atoms with Gasteiger partial charge in [0.25, 0.3) is 0 Å². The van der Waals surface area contributed by atoms with Crippen molar-refractivity contribution in [2.75, 3.05) is 5.32 Å². The van der Waals surface area contributed by atoms with E-state index in [4.69, 9.17) is 10.4 Å². The van der Waals surface area contributed by atoms with Gasteiger partial charge < -0.3 is 10.4 Å². The first-order chi connectivity index (χ1) is 10.1. The molecular formula is C15H11N3O3. The molecule has 2 N–H and O–H groups in total. The molecule has 0 radical (unpaired) electrons. The molecule has 1 aromatic carbocycles. The lowest BCUT2D eigenvalue weighted by atomic mass is 10.1. The fraction of sp³-hybridized carbons (Fsp3) is 0.0667. The molecule has 0 saturated heterocycles. The molecule has 6 nitrogen and oxygen atoms in total. The number of aromatic carboxylic acids is 1. The number of hydrogen-bond donors (Lipinski definition) is 2. The number of pyridine rings is 1. The van der Waals surface area contributed by atoms with E-state index in [0.29, 0.717) is 16.9 Å². The van der Waals surface area contributed by atoms with Crippen LogP contribution in [-0.2, 0) is 4.79 Å². The maximum absolute atomic E-state index is 11.4. The Labute approximate surface area is 120 Å². The normalized spacial score (nSPS) is 9.67. The topological polar surface area (TPSA) is 103 Å². The number of hydrogen-bond acceptors (Lipinski definition) is 4. The summed E-state index contributed by atoms with van der Waals surface area (Å²) in [4.78, 5) is 26.3. The van der Waals surface area contributed by atoms with E-state index in [1.54, 1.807) is 42.5 Å². The molecule has 2 aromatic rings. The van der Waals surface area contributed by atoms with Crippen molar-refractivity contribution in [3.63, 3.8) is 0 Å². The molecule has 1 amide bonds. The molecule has 0 aliphatic rings. The van der Waals surface area contributed by atoms with Crippen molar-refractivity contribution in [2.24, 2.45) is 0 Å². The Balaban J connectivity index is 2.29. The number of carboxylic acids is 1. The molecule has 0 spiro atoms. The van der Waals surface area contributed by atoms with Gasteiger partial charge in [-0.15, -0.1) is 0 Å². The number of rotatable bonds is 4. The Bertz CT molecular complexity index is 735. The predicted molar refractivity (Wildman–Crippen MR) is 75.5 cm³/mol. The number of nitriles is 1. The molecule has 0 unspecified atom stereocenters. The summed E-state index contributed by atoms with van der Waals surface area (Å²) >= 11 is 0. The molecule has 1 aromatic heterocycles. The van der Waals surface area contributed by atoms with Gasteiger partial charge in [-0.2, -0.15) is 5.26 Å². The van der Waals surface area contributed by atoms with Gasteiger partial charge in [-0.1, -0.05) is 18.2 Å². The van der Waals surface area contributed by atoms with Crippen LogP contribution in [0.3, 0.4) is 0 Å². The van der Waals surface area contributed by atoms with Gasteiger partial charge in [-0.3, -0.25) is 4.79 Å². The van der Waals surface area contributed by atoms with Crippen LogP contribution < -0.4 is 5.32 Å². The van der Waals surface area contributed by atoms with Crippen molar-refractivity contribution in [1.82, 2.24) is 4.98 Å². The van der Waals surface area contributed by atoms with Gasteiger partial charge in [0.1, 0.15) is 12.1 Å². The zero-order chi connectivity index (χ0) is 15.2. The largest absolute Gasteiger partial charge is 0.477 e. The number of carboxylic acid groups (broad SMARTS) is 1. The minimum absolute atomic E-state index is 0.0496. The SMILES string of the molecule is N#CCC(=O)Nc1cccc(-c2cccc(C(=O)O)n2)c1. The standard InChI is InChI=1S/C15H11N3O3/c16-8-7-14(19)17-11-4-1-3-10(9-11)12-5-2-6-13(18-12)15(20)21/h1-6,9H,7H2,(H,17,19)(H,20,21). The Morgan fingerprint density at radius 2 is 2.00 bits per heavy atom. The lowest BCUT2D eigenvalue weighted by Crippen LogP contribution is -2.10. The Kier molecular flexibility index (Phi) is 4.26. The fourth-order valence-electron chi connectivity index (χ4n) is 1.75. The third kappa shape index (κ3) is 3.64. The number of nitrogens with one attached hydrogen (secondary N) is 1. The highest BCUT2D eigenvalue weighted by molar-refractivity contribution is 5.92. The molecule has 0 fully saturated rings. The zero-order valence-electron chi connectivity index (χ0n) is 10.9. The number of benzene rings is 1. The average molecular weight is 281 g/mol. The lowest BCUT2D eigenvalue weighted by Gasteiger charge is -2.06. The molecule has 0 aliphatic heterocycles. The fourth-order valence-corrected chi connectivity index (χ4v) is 1.75. The van der Waals surface area contributed by atoms with E-state index in [0.717, 1.165) is 0 Å². The second-order valence-electron chi connectivity index (χ2n) is 4.18. The third-order valence-electron chi connectivity index (χ3n) is 2.65. The Hall–Kier alpha value is -3.20. The molecule has 104 valence electrons. The average Bonchev–Trinajstić information content (AvgIpc) is 2.48. The second kappa shape index (κ2) is 6.30. The smallest absolute Gasteiger partial charge is 0.354 e. The van der Waals surface area contributed by atoms with E-state index in [9.17, 15) is 9.59 Å². The summed E-state index contributed by atoms with van der Waals surface area (Å²) in [6.07, 6.45) is -0.225. The number of anilines is 1. The van der Waals surface area contributed by atoms with E-state index in [1.165, 1.54) is 6.07 Å². The monoisotopic (exact) mass is 281 g/mol. The van der Waals surface area contributed by atoms with E-state index < -0.39 is 11.9 Å². The van der Waals surface area contributed by atoms with Crippen LogP contribution in [0.4, 0.5) is 5.69 Å². The number of nitrogens with zero attached hydrogens (tertiary/aromatic N) is 2. The highest BCUT2D eigenvalue weighted by Crippen LogP contribution is 2.21. The summed E-state index contributed by atoms with van der Waals surface area (Å²) in [6, 6.07) is 13.3. The van der Waals surface area contributed by atoms with Crippen molar-refractivity contribution in [2.45, 2.75) is 6.42 Å². The highest BCUT2D eigenvalue weighted by atomic mass is 16.4. The van der Waals surface area contributed by atoms with Gasteiger partial charge >= 0.3 is 5.97 Å². The molecule has 21 heavy (non-hydrogen) atoms. The third-order valence-corrected chi connectivity index (χ3v) is 2.65. The molecule has 2 rings (SSSR count). The maximum Gasteiger partial charge on any atom is 0.354 e. The molecular weight excluding hydrogens is 270 g/mol. The summed E-state index contributed by atoms with van der Waals surface area (Å²) < 4.78 is 0. The predicted octanol–water partition coefficient (Wildman–Crippen LogP) is 2.30. The summed E-state index contributed by atoms with van der Waals surface area (Å²) in [5.41, 5.74) is 1.64. The van der Waals surface area contributed by atoms with Gasteiger partial charge in [0.05, 0.1) is 11.8 Å².